The predicted molar refractivity (Wildman–Crippen MR) is 241 cm³/mol. The number of hydrogen-bond donors (Lipinski definition) is 2. The average Bonchev–Trinajstić information content (AvgIpc) is 3.51. The van der Waals surface area contributed by atoms with E-state index in [1.54, 1.807) is 0 Å². The normalized spacial score (nSPS) is 20.6. The molecule has 5 rings (SSSR count). The van der Waals surface area contributed by atoms with E-state index in [4.69, 9.17) is 37.4 Å². The third kappa shape index (κ3) is 15.1. The summed E-state index contributed by atoms with van der Waals surface area (Å²) >= 11 is 3.37. The summed E-state index contributed by atoms with van der Waals surface area (Å²) in [5.41, 5.74) is -0.211. The molecule has 12 nitrogen and oxygen atoms in total. The zero-order valence-electron chi connectivity index (χ0n) is 38.2. The van der Waals surface area contributed by atoms with Gasteiger partial charge in [0.2, 0.25) is 0 Å². The van der Waals surface area contributed by atoms with Gasteiger partial charge in [-0.05, 0) is 153 Å². The number of halogens is 1. The van der Waals surface area contributed by atoms with Gasteiger partial charge in [0.25, 0.3) is 0 Å². The van der Waals surface area contributed by atoms with Gasteiger partial charge < -0.3 is 48.0 Å². The highest BCUT2D eigenvalue weighted by Crippen LogP contribution is 2.43. The fourth-order valence-electron chi connectivity index (χ4n) is 5.45. The van der Waals surface area contributed by atoms with E-state index in [1.807, 2.05) is 173 Å². The number of benzene rings is 2. The predicted octanol–water partition coefficient (Wildman–Crippen LogP) is 9.37. The van der Waals surface area contributed by atoms with Crippen molar-refractivity contribution in [2.75, 3.05) is 0 Å². The molecule has 0 saturated carbocycles. The molecule has 3 heterocycles. The minimum absolute atomic E-state index is 0. The molecular weight excluding hydrogens is 817 g/mol. The highest BCUT2D eigenvalue weighted by Gasteiger charge is 2.63. The van der Waals surface area contributed by atoms with E-state index in [0.29, 0.717) is 13.1 Å². The third-order valence-corrected chi connectivity index (χ3v) is 11.3. The molecule has 2 N–H and O–H groups in total. The second-order valence-electron chi connectivity index (χ2n) is 19.9. The number of ether oxygens (including phenoxy) is 2. The first-order valence-corrected chi connectivity index (χ1v) is 20.8. The van der Waals surface area contributed by atoms with Crippen molar-refractivity contribution in [1.29, 1.82) is 0 Å². The molecule has 2 aromatic carbocycles. The zero-order valence-corrected chi connectivity index (χ0v) is 39.8. The van der Waals surface area contributed by atoms with Crippen molar-refractivity contribution >= 4 is 54.7 Å². The fraction of sp³-hybridized carbons (Fsp3) is 0.674. The molecule has 3 aliphatic heterocycles. The second kappa shape index (κ2) is 19.2. The molecule has 0 radical (unpaired) electrons. The van der Waals surface area contributed by atoms with E-state index in [0.717, 1.165) is 21.1 Å². The number of carbonyl (C=O) groups excluding carboxylic acids is 2. The average molecular weight is 889 g/mol. The Kier molecular flexibility index (Phi) is 17.1. The second-order valence-corrected chi connectivity index (χ2v) is 20.8. The fourth-order valence-corrected chi connectivity index (χ4v) is 5.90. The number of hydrogen-bond acceptors (Lipinski definition) is 10. The standard InChI is InChI=1S/C18H28BNO4.C12H24B2O4.C12H16BrNO2.CH4/c1-16(2,3)22-15(21)20-12-13-9-8-10-14(11-13)19-23-17(4,5)18(6,7)24-19;1-9(2)10(3,4)16-13(15-9)14-17-11(5,6)12(7,8)18-14;1-12(2,3)16-11(15)14-8-9-5-4-6-10(13)7-9;/h8-11H,12H2,1-7H3,(H,20,21);1-8H3;4-7H,8H2,1-3H3,(H,14,15);1H4. The molecule has 0 bridgehead atoms. The Bertz CT molecular complexity index is 1640. The third-order valence-electron chi connectivity index (χ3n) is 10.8. The van der Waals surface area contributed by atoms with Crippen molar-refractivity contribution < 1.29 is 47.0 Å². The highest BCUT2D eigenvalue weighted by atomic mass is 79.9. The monoisotopic (exact) mass is 888 g/mol. The lowest BCUT2D eigenvalue weighted by Crippen LogP contribution is -2.41. The molecule has 3 saturated heterocycles. The topological polar surface area (TPSA) is 132 Å². The first-order chi connectivity index (χ1) is 26.1. The molecule has 0 aliphatic carbocycles. The quantitative estimate of drug-likeness (QED) is 0.271. The van der Waals surface area contributed by atoms with Crippen LogP contribution in [0, 0.1) is 0 Å². The van der Waals surface area contributed by atoms with Gasteiger partial charge in [-0.3, -0.25) is 0 Å². The lowest BCUT2D eigenvalue weighted by molar-refractivity contribution is 0.00578. The van der Waals surface area contributed by atoms with Crippen LogP contribution < -0.4 is 16.1 Å². The molecule has 2 amide bonds. The number of nitrogens with one attached hydrogen (secondary N) is 2. The number of amides is 2. The van der Waals surface area contributed by atoms with Crippen molar-refractivity contribution in [3.63, 3.8) is 0 Å². The van der Waals surface area contributed by atoms with Gasteiger partial charge >= 0.3 is 33.3 Å². The molecule has 16 heteroatoms. The van der Waals surface area contributed by atoms with Gasteiger partial charge in [0.15, 0.2) is 0 Å². The summed E-state index contributed by atoms with van der Waals surface area (Å²) in [4.78, 5) is 23.1. The van der Waals surface area contributed by atoms with Crippen molar-refractivity contribution in [1.82, 2.24) is 10.6 Å². The van der Waals surface area contributed by atoms with E-state index < -0.39 is 44.5 Å². The summed E-state index contributed by atoms with van der Waals surface area (Å²) in [6.07, 6.45) is -0.823. The van der Waals surface area contributed by atoms with Crippen molar-refractivity contribution in [2.45, 2.75) is 190 Å². The zero-order chi connectivity index (χ0) is 44.3. The van der Waals surface area contributed by atoms with E-state index in [1.165, 1.54) is 0 Å². The lowest BCUT2D eigenvalue weighted by atomic mass is 9.49. The van der Waals surface area contributed by atoms with Crippen LogP contribution in [0.15, 0.2) is 53.0 Å². The van der Waals surface area contributed by atoms with Gasteiger partial charge in [-0.25, -0.2) is 9.59 Å². The smallest absolute Gasteiger partial charge is 0.444 e. The summed E-state index contributed by atoms with van der Waals surface area (Å²) in [6.45, 7) is 36.2. The summed E-state index contributed by atoms with van der Waals surface area (Å²) in [7, 11) is -1.36. The SMILES string of the molecule is C.CC(C)(C)OC(=O)NCc1cccc(B2OC(C)(C)C(C)(C)O2)c1.CC(C)(C)OC(=O)NCc1cccc(Br)c1.CC1(C)OB(B2OC(C)(C)C(C)(C)O2)OC1(C)C. The van der Waals surface area contributed by atoms with E-state index in [9.17, 15) is 9.59 Å². The van der Waals surface area contributed by atoms with Crippen LogP contribution in [-0.2, 0) is 50.5 Å². The maximum absolute atomic E-state index is 11.8. The molecule has 59 heavy (non-hydrogen) atoms. The number of carbonyl (C=O) groups is 2. The Morgan fingerprint density at radius 2 is 0.881 bits per heavy atom. The van der Waals surface area contributed by atoms with Crippen LogP contribution in [0.3, 0.4) is 0 Å². The summed E-state index contributed by atoms with van der Waals surface area (Å²) in [5.74, 6) is 0. The number of rotatable bonds is 6. The van der Waals surface area contributed by atoms with Crippen LogP contribution in [0.1, 0.15) is 143 Å². The molecular formula is C43H72B3BrN2O10. The minimum atomic E-state index is -0.505. The Labute approximate surface area is 365 Å². The van der Waals surface area contributed by atoms with Gasteiger partial charge in [-0.15, -0.1) is 0 Å². The lowest BCUT2D eigenvalue weighted by Gasteiger charge is -2.32. The molecule has 0 unspecified atom stereocenters. The van der Waals surface area contributed by atoms with E-state index in [2.05, 4.69) is 26.6 Å². The van der Waals surface area contributed by atoms with Gasteiger partial charge in [-0.1, -0.05) is 59.8 Å². The van der Waals surface area contributed by atoms with Crippen LogP contribution in [0.2, 0.25) is 0 Å². The number of alkyl carbamates (subject to hydrolysis) is 2. The maximum atomic E-state index is 11.8. The summed E-state index contributed by atoms with van der Waals surface area (Å²) in [6, 6.07) is 15.6. The Balaban J connectivity index is 0.000000310. The van der Waals surface area contributed by atoms with Gasteiger partial charge in [0.05, 0.1) is 33.6 Å². The van der Waals surface area contributed by atoms with Crippen LogP contribution in [0.25, 0.3) is 0 Å². The molecule has 3 aliphatic rings. The summed E-state index contributed by atoms with van der Waals surface area (Å²) < 4.78 is 47.3. The minimum Gasteiger partial charge on any atom is -0.444 e. The largest absolute Gasteiger partial charge is 0.494 e. The van der Waals surface area contributed by atoms with Gasteiger partial charge in [-0.2, -0.15) is 0 Å². The Morgan fingerprint density at radius 1 is 0.559 bits per heavy atom. The van der Waals surface area contributed by atoms with Crippen molar-refractivity contribution in [2.24, 2.45) is 0 Å². The maximum Gasteiger partial charge on any atom is 0.494 e. The van der Waals surface area contributed by atoms with Crippen LogP contribution >= 0.6 is 15.9 Å². The van der Waals surface area contributed by atoms with E-state index >= 15 is 0 Å². The van der Waals surface area contributed by atoms with Crippen LogP contribution in [0.5, 0.6) is 0 Å². The molecule has 330 valence electrons. The van der Waals surface area contributed by atoms with Crippen molar-refractivity contribution in [3.8, 4) is 0 Å². The Hall–Kier alpha value is -2.59. The molecule has 0 spiro atoms. The Morgan fingerprint density at radius 3 is 1.22 bits per heavy atom. The van der Waals surface area contributed by atoms with Gasteiger partial charge in [0, 0.05) is 17.6 Å². The van der Waals surface area contributed by atoms with Gasteiger partial charge in [0.1, 0.15) is 11.2 Å². The first-order valence-electron chi connectivity index (χ1n) is 20.0. The molecule has 0 aromatic heterocycles. The molecule has 3 fully saturated rings. The van der Waals surface area contributed by atoms with Crippen LogP contribution in [0.4, 0.5) is 9.59 Å². The molecule has 2 aromatic rings. The van der Waals surface area contributed by atoms with Crippen molar-refractivity contribution in [3.05, 3.63) is 64.1 Å². The highest BCUT2D eigenvalue weighted by molar-refractivity contribution is 9.10. The summed E-state index contributed by atoms with van der Waals surface area (Å²) in [5, 5.41) is 5.46. The first kappa shape index (κ1) is 52.6. The van der Waals surface area contributed by atoms with E-state index in [-0.39, 0.29) is 41.0 Å². The van der Waals surface area contributed by atoms with Crippen LogP contribution in [-0.4, -0.2) is 78.1 Å². The molecule has 0 atom stereocenters.